The van der Waals surface area contributed by atoms with Crippen molar-refractivity contribution < 1.29 is 9.47 Å². The van der Waals surface area contributed by atoms with E-state index in [2.05, 4.69) is 23.0 Å². The van der Waals surface area contributed by atoms with Crippen LogP contribution in [0.2, 0.25) is 0 Å². The Balaban J connectivity index is 1.78. The van der Waals surface area contributed by atoms with Crippen LogP contribution in [-0.2, 0) is 6.61 Å². The molecule has 3 rings (SSSR count). The van der Waals surface area contributed by atoms with Gasteiger partial charge in [-0.2, -0.15) is 0 Å². The summed E-state index contributed by atoms with van der Waals surface area (Å²) in [5, 5.41) is 0. The summed E-state index contributed by atoms with van der Waals surface area (Å²) in [5.41, 5.74) is 3.19. The molecule has 2 aromatic carbocycles. The third-order valence-corrected chi connectivity index (χ3v) is 3.18. The van der Waals surface area contributed by atoms with Gasteiger partial charge in [0.05, 0.1) is 18.1 Å². The topological polar surface area (TPSA) is 47.1 Å². The number of fused-ring (bicyclic) bond motifs is 1. The zero-order valence-electron chi connectivity index (χ0n) is 11.5. The van der Waals surface area contributed by atoms with Gasteiger partial charge in [-0.25, -0.2) is 4.98 Å². The first-order chi connectivity index (χ1) is 9.76. The van der Waals surface area contributed by atoms with Crippen LogP contribution in [0.5, 0.6) is 11.5 Å². The maximum Gasteiger partial charge on any atom is 0.146 e. The van der Waals surface area contributed by atoms with Crippen molar-refractivity contribution in [1.82, 2.24) is 9.97 Å². The van der Waals surface area contributed by atoms with Crippen LogP contribution in [-0.4, -0.2) is 17.1 Å². The molecule has 0 saturated carbocycles. The third-order valence-electron chi connectivity index (χ3n) is 3.18. The van der Waals surface area contributed by atoms with E-state index in [0.29, 0.717) is 6.61 Å². The van der Waals surface area contributed by atoms with E-state index in [4.69, 9.17) is 9.47 Å². The monoisotopic (exact) mass is 268 g/mol. The standard InChI is InChI=1S/C16H16N2O2/c1-11-5-3-8-14-16(11)18-15(17-14)10-20-13-7-4-6-12(9-13)19-2/h3-9H,10H2,1-2H3,(H,17,18). The fraction of sp³-hybridized carbons (Fsp3) is 0.188. The summed E-state index contributed by atoms with van der Waals surface area (Å²) in [6.07, 6.45) is 0. The van der Waals surface area contributed by atoms with E-state index in [1.807, 2.05) is 36.4 Å². The Morgan fingerprint density at radius 1 is 1.10 bits per heavy atom. The van der Waals surface area contributed by atoms with Gasteiger partial charge in [0.25, 0.3) is 0 Å². The molecule has 1 heterocycles. The predicted octanol–water partition coefficient (Wildman–Crippen LogP) is 3.46. The van der Waals surface area contributed by atoms with E-state index in [-0.39, 0.29) is 0 Å². The number of H-pyrrole nitrogens is 1. The fourth-order valence-corrected chi connectivity index (χ4v) is 2.14. The highest BCUT2D eigenvalue weighted by Gasteiger charge is 2.05. The second-order valence-electron chi connectivity index (χ2n) is 4.62. The first-order valence-corrected chi connectivity index (χ1v) is 6.47. The lowest BCUT2D eigenvalue weighted by Crippen LogP contribution is -1.97. The molecular weight excluding hydrogens is 252 g/mol. The van der Waals surface area contributed by atoms with Crippen LogP contribution < -0.4 is 9.47 Å². The summed E-state index contributed by atoms with van der Waals surface area (Å²) in [6.45, 7) is 2.46. The van der Waals surface area contributed by atoms with Gasteiger partial charge in [0.2, 0.25) is 0 Å². The number of methoxy groups -OCH3 is 1. The van der Waals surface area contributed by atoms with Crippen LogP contribution in [0, 0.1) is 6.92 Å². The van der Waals surface area contributed by atoms with Crippen LogP contribution in [0.1, 0.15) is 11.4 Å². The van der Waals surface area contributed by atoms with Crippen molar-refractivity contribution >= 4 is 11.0 Å². The lowest BCUT2D eigenvalue weighted by Gasteiger charge is -2.05. The molecule has 4 heteroatoms. The first kappa shape index (κ1) is 12.5. The summed E-state index contributed by atoms with van der Waals surface area (Å²) >= 11 is 0. The van der Waals surface area contributed by atoms with Crippen LogP contribution in [0.4, 0.5) is 0 Å². The molecule has 0 saturated heterocycles. The number of aromatic amines is 1. The van der Waals surface area contributed by atoms with Crippen LogP contribution >= 0.6 is 0 Å². The largest absolute Gasteiger partial charge is 0.497 e. The molecule has 102 valence electrons. The Morgan fingerprint density at radius 3 is 2.70 bits per heavy atom. The van der Waals surface area contributed by atoms with E-state index in [0.717, 1.165) is 33.9 Å². The first-order valence-electron chi connectivity index (χ1n) is 6.47. The zero-order chi connectivity index (χ0) is 13.9. The number of imidazole rings is 1. The molecule has 1 N–H and O–H groups in total. The van der Waals surface area contributed by atoms with E-state index < -0.39 is 0 Å². The Hall–Kier alpha value is -2.49. The third kappa shape index (κ3) is 2.45. The fourth-order valence-electron chi connectivity index (χ4n) is 2.14. The maximum atomic E-state index is 5.73. The lowest BCUT2D eigenvalue weighted by molar-refractivity contribution is 0.295. The minimum Gasteiger partial charge on any atom is -0.497 e. The molecule has 20 heavy (non-hydrogen) atoms. The summed E-state index contributed by atoms with van der Waals surface area (Å²) in [7, 11) is 1.64. The molecule has 1 aromatic heterocycles. The summed E-state index contributed by atoms with van der Waals surface area (Å²) in [5.74, 6) is 2.36. The molecule has 0 atom stereocenters. The van der Waals surface area contributed by atoms with Gasteiger partial charge >= 0.3 is 0 Å². The number of aromatic nitrogens is 2. The van der Waals surface area contributed by atoms with Crippen LogP contribution in [0.25, 0.3) is 11.0 Å². The number of hydrogen-bond acceptors (Lipinski definition) is 3. The SMILES string of the molecule is COc1cccc(OCc2nc3c(C)cccc3[nH]2)c1. The average Bonchev–Trinajstić information content (AvgIpc) is 2.90. The molecule has 0 unspecified atom stereocenters. The number of rotatable bonds is 4. The molecule has 0 bridgehead atoms. The number of aryl methyl sites for hydroxylation is 1. The maximum absolute atomic E-state index is 5.73. The quantitative estimate of drug-likeness (QED) is 0.788. The van der Waals surface area contributed by atoms with Crippen molar-refractivity contribution in [3.05, 3.63) is 53.9 Å². The van der Waals surface area contributed by atoms with Crippen molar-refractivity contribution in [2.75, 3.05) is 7.11 Å². The number of nitrogens with zero attached hydrogens (tertiary/aromatic N) is 1. The Kier molecular flexibility index (Phi) is 3.29. The molecule has 0 fully saturated rings. The van der Waals surface area contributed by atoms with Crippen molar-refractivity contribution in [2.24, 2.45) is 0 Å². The number of ether oxygens (including phenoxy) is 2. The Morgan fingerprint density at radius 2 is 1.90 bits per heavy atom. The van der Waals surface area contributed by atoms with Gasteiger partial charge in [-0.15, -0.1) is 0 Å². The van der Waals surface area contributed by atoms with Gasteiger partial charge in [-0.3, -0.25) is 0 Å². The van der Waals surface area contributed by atoms with Crippen molar-refractivity contribution in [1.29, 1.82) is 0 Å². The molecule has 3 aromatic rings. The van der Waals surface area contributed by atoms with Crippen LogP contribution in [0.3, 0.4) is 0 Å². The molecular formula is C16H16N2O2. The molecule has 0 aliphatic heterocycles. The Labute approximate surface area is 117 Å². The second kappa shape index (κ2) is 5.25. The second-order valence-corrected chi connectivity index (χ2v) is 4.62. The Bertz CT molecular complexity index is 734. The average molecular weight is 268 g/mol. The molecule has 0 aliphatic carbocycles. The van der Waals surface area contributed by atoms with Crippen molar-refractivity contribution in [2.45, 2.75) is 13.5 Å². The number of benzene rings is 2. The highest BCUT2D eigenvalue weighted by molar-refractivity contribution is 5.78. The highest BCUT2D eigenvalue weighted by atomic mass is 16.5. The molecule has 0 spiro atoms. The van der Waals surface area contributed by atoms with Crippen molar-refractivity contribution in [3.8, 4) is 11.5 Å². The molecule has 0 amide bonds. The number of hydrogen-bond donors (Lipinski definition) is 1. The molecule has 4 nitrogen and oxygen atoms in total. The minimum atomic E-state index is 0.404. The lowest BCUT2D eigenvalue weighted by atomic mass is 10.2. The van der Waals surface area contributed by atoms with Gasteiger partial charge in [0.15, 0.2) is 0 Å². The predicted molar refractivity (Wildman–Crippen MR) is 78.2 cm³/mol. The van der Waals surface area contributed by atoms with Crippen molar-refractivity contribution in [3.63, 3.8) is 0 Å². The van der Waals surface area contributed by atoms with Gasteiger partial charge in [0.1, 0.15) is 23.9 Å². The molecule has 0 radical (unpaired) electrons. The molecule has 0 aliphatic rings. The van der Waals surface area contributed by atoms with E-state index in [9.17, 15) is 0 Å². The smallest absolute Gasteiger partial charge is 0.146 e. The summed E-state index contributed by atoms with van der Waals surface area (Å²) < 4.78 is 10.9. The summed E-state index contributed by atoms with van der Waals surface area (Å²) in [4.78, 5) is 7.83. The minimum absolute atomic E-state index is 0.404. The van der Waals surface area contributed by atoms with Crippen LogP contribution in [0.15, 0.2) is 42.5 Å². The summed E-state index contributed by atoms with van der Waals surface area (Å²) in [6, 6.07) is 13.6. The number of para-hydroxylation sites is 1. The van der Waals surface area contributed by atoms with Gasteiger partial charge in [-0.05, 0) is 30.7 Å². The zero-order valence-corrected chi connectivity index (χ0v) is 11.5. The van der Waals surface area contributed by atoms with E-state index in [1.54, 1.807) is 7.11 Å². The number of nitrogens with one attached hydrogen (secondary N) is 1. The van der Waals surface area contributed by atoms with Gasteiger partial charge in [-0.1, -0.05) is 18.2 Å². The van der Waals surface area contributed by atoms with Gasteiger partial charge < -0.3 is 14.5 Å². The van der Waals surface area contributed by atoms with E-state index >= 15 is 0 Å². The normalized spacial score (nSPS) is 10.7. The highest BCUT2D eigenvalue weighted by Crippen LogP contribution is 2.20. The van der Waals surface area contributed by atoms with E-state index in [1.165, 1.54) is 0 Å². The van der Waals surface area contributed by atoms with Gasteiger partial charge in [0, 0.05) is 6.07 Å².